The molecule has 1 aromatic heterocycles. The van der Waals surface area contributed by atoms with E-state index in [0.29, 0.717) is 14.2 Å². The van der Waals surface area contributed by atoms with E-state index in [9.17, 15) is 0 Å². The van der Waals surface area contributed by atoms with Gasteiger partial charge in [0.2, 0.25) is 0 Å². The van der Waals surface area contributed by atoms with Crippen LogP contribution in [0.1, 0.15) is 5.56 Å². The molecule has 4 N–H and O–H groups in total. The molecule has 11 heavy (non-hydrogen) atoms. The number of hydrogen-bond donors (Lipinski definition) is 2. The van der Waals surface area contributed by atoms with Crippen molar-refractivity contribution in [3.63, 3.8) is 0 Å². The Labute approximate surface area is 77.6 Å². The van der Waals surface area contributed by atoms with Crippen LogP contribution in [0, 0.1) is 0 Å². The van der Waals surface area contributed by atoms with Crippen LogP contribution in [0.25, 0.3) is 0 Å². The zero-order valence-corrected chi connectivity index (χ0v) is 7.67. The van der Waals surface area contributed by atoms with Crippen LogP contribution in [-0.2, 0) is 0 Å². The Kier molecular flexibility index (Phi) is 2.59. The van der Waals surface area contributed by atoms with Gasteiger partial charge in [-0.1, -0.05) is 23.2 Å². The smallest absolute Gasteiger partial charge is 0.152 e. The van der Waals surface area contributed by atoms with E-state index < -0.39 is 0 Å². The summed E-state index contributed by atoms with van der Waals surface area (Å²) in [5.41, 5.74) is 5.98. The molecule has 0 aliphatic carbocycles. The topological polar surface area (TPSA) is 64.4 Å². The molecule has 0 aliphatic rings. The zero-order chi connectivity index (χ0) is 8.43. The van der Waals surface area contributed by atoms with Gasteiger partial charge < -0.3 is 11.6 Å². The van der Waals surface area contributed by atoms with Crippen LogP contribution in [-0.4, -0.2) is 5.84 Å². The third-order valence-electron chi connectivity index (χ3n) is 1.07. The van der Waals surface area contributed by atoms with Crippen molar-refractivity contribution in [2.75, 3.05) is 0 Å². The highest BCUT2D eigenvalue weighted by atomic mass is 35.5. The summed E-state index contributed by atoms with van der Waals surface area (Å²) in [6.45, 7) is 0. The molecule has 3 nitrogen and oxygen atoms in total. The summed E-state index contributed by atoms with van der Waals surface area (Å²) in [5.74, 6) is 5.14. The van der Waals surface area contributed by atoms with Crippen molar-refractivity contribution < 1.29 is 0 Å². The second-order valence-corrected chi connectivity index (χ2v) is 4.04. The average molecular weight is 210 g/mol. The van der Waals surface area contributed by atoms with E-state index in [1.807, 2.05) is 0 Å². The van der Waals surface area contributed by atoms with Gasteiger partial charge in [-0.15, -0.1) is 11.3 Å². The molecule has 0 saturated heterocycles. The van der Waals surface area contributed by atoms with E-state index in [2.05, 4.69) is 5.10 Å². The SMILES string of the molecule is N/N=C(/N)c1cc(Cl)sc1Cl. The predicted octanol–water partition coefficient (Wildman–Crippen LogP) is 1.63. The summed E-state index contributed by atoms with van der Waals surface area (Å²) >= 11 is 12.6. The first-order chi connectivity index (χ1) is 5.15. The molecular formula is C5H5Cl2N3S. The van der Waals surface area contributed by atoms with Gasteiger partial charge in [0.15, 0.2) is 5.84 Å². The standard InChI is InChI=1S/C5H5Cl2N3S/c6-3-1-2(4(7)11-3)5(8)10-9/h1H,9H2,(H2,8,10). The van der Waals surface area contributed by atoms with E-state index in [1.54, 1.807) is 6.07 Å². The summed E-state index contributed by atoms with van der Waals surface area (Å²) in [4.78, 5) is 0. The molecule has 60 valence electrons. The van der Waals surface area contributed by atoms with Crippen molar-refractivity contribution in [2.24, 2.45) is 16.7 Å². The minimum atomic E-state index is 0.193. The van der Waals surface area contributed by atoms with Gasteiger partial charge in [-0.05, 0) is 6.07 Å². The van der Waals surface area contributed by atoms with Gasteiger partial charge >= 0.3 is 0 Å². The van der Waals surface area contributed by atoms with Crippen LogP contribution in [0.2, 0.25) is 8.67 Å². The molecule has 0 radical (unpaired) electrons. The van der Waals surface area contributed by atoms with Crippen LogP contribution < -0.4 is 11.6 Å². The molecule has 1 heterocycles. The number of thiophene rings is 1. The quantitative estimate of drug-likeness (QED) is 0.320. The van der Waals surface area contributed by atoms with Gasteiger partial charge in [-0.2, -0.15) is 5.10 Å². The van der Waals surface area contributed by atoms with Gasteiger partial charge in [0, 0.05) is 5.56 Å². The maximum absolute atomic E-state index is 5.74. The minimum Gasteiger partial charge on any atom is -0.382 e. The molecule has 1 rings (SSSR count). The number of halogens is 2. The molecule has 0 aromatic carbocycles. The highest BCUT2D eigenvalue weighted by Crippen LogP contribution is 2.30. The Morgan fingerprint density at radius 1 is 1.55 bits per heavy atom. The van der Waals surface area contributed by atoms with Crippen molar-refractivity contribution in [2.45, 2.75) is 0 Å². The van der Waals surface area contributed by atoms with Crippen LogP contribution in [0.3, 0.4) is 0 Å². The first-order valence-electron chi connectivity index (χ1n) is 2.63. The Morgan fingerprint density at radius 2 is 2.18 bits per heavy atom. The Morgan fingerprint density at radius 3 is 2.55 bits per heavy atom. The summed E-state index contributed by atoms with van der Waals surface area (Å²) in [6.07, 6.45) is 0. The third kappa shape index (κ3) is 1.77. The minimum absolute atomic E-state index is 0.193. The van der Waals surface area contributed by atoms with Crippen molar-refractivity contribution >= 4 is 40.4 Å². The van der Waals surface area contributed by atoms with Gasteiger partial charge in [0.25, 0.3) is 0 Å². The second kappa shape index (κ2) is 3.30. The van der Waals surface area contributed by atoms with Gasteiger partial charge in [0.05, 0.1) is 4.34 Å². The first kappa shape index (κ1) is 8.64. The largest absolute Gasteiger partial charge is 0.382 e. The lowest BCUT2D eigenvalue weighted by molar-refractivity contribution is 1.23. The van der Waals surface area contributed by atoms with Crippen molar-refractivity contribution in [1.82, 2.24) is 0 Å². The fourth-order valence-corrected chi connectivity index (χ4v) is 2.07. The van der Waals surface area contributed by atoms with Crippen molar-refractivity contribution in [3.8, 4) is 0 Å². The second-order valence-electron chi connectivity index (χ2n) is 1.75. The predicted molar refractivity (Wildman–Crippen MR) is 49.3 cm³/mol. The van der Waals surface area contributed by atoms with E-state index in [1.165, 1.54) is 11.3 Å². The Balaban J connectivity index is 3.13. The summed E-state index contributed by atoms with van der Waals surface area (Å²) < 4.78 is 1.07. The van der Waals surface area contributed by atoms with E-state index in [0.717, 1.165) is 0 Å². The highest BCUT2D eigenvalue weighted by Gasteiger charge is 2.08. The van der Waals surface area contributed by atoms with Gasteiger partial charge in [-0.25, -0.2) is 0 Å². The lowest BCUT2D eigenvalue weighted by Crippen LogP contribution is -2.14. The number of hydrogen-bond acceptors (Lipinski definition) is 3. The molecular weight excluding hydrogens is 205 g/mol. The third-order valence-corrected chi connectivity index (χ3v) is 2.56. The molecule has 0 amide bonds. The van der Waals surface area contributed by atoms with Crippen LogP contribution in [0.15, 0.2) is 11.2 Å². The molecule has 0 fully saturated rings. The lowest BCUT2D eigenvalue weighted by Gasteiger charge is -1.92. The first-order valence-corrected chi connectivity index (χ1v) is 4.21. The number of rotatable bonds is 1. The molecule has 0 unspecified atom stereocenters. The highest BCUT2D eigenvalue weighted by molar-refractivity contribution is 7.20. The number of hydrazone groups is 1. The normalized spacial score (nSPS) is 12.0. The summed E-state index contributed by atoms with van der Waals surface area (Å²) in [5, 5.41) is 3.29. The van der Waals surface area contributed by atoms with Crippen molar-refractivity contribution in [1.29, 1.82) is 0 Å². The van der Waals surface area contributed by atoms with Crippen molar-refractivity contribution in [3.05, 3.63) is 20.3 Å². The maximum Gasteiger partial charge on any atom is 0.152 e. The summed E-state index contributed by atoms with van der Waals surface area (Å²) in [7, 11) is 0. The van der Waals surface area contributed by atoms with E-state index >= 15 is 0 Å². The van der Waals surface area contributed by atoms with E-state index in [-0.39, 0.29) is 5.84 Å². The molecule has 6 heteroatoms. The molecule has 0 atom stereocenters. The molecule has 0 aliphatic heterocycles. The fourth-order valence-electron chi connectivity index (χ4n) is 0.584. The van der Waals surface area contributed by atoms with Crippen LogP contribution in [0.5, 0.6) is 0 Å². The average Bonchev–Trinajstić information content (AvgIpc) is 2.28. The molecule has 1 aromatic rings. The van der Waals surface area contributed by atoms with Gasteiger partial charge in [0.1, 0.15) is 4.34 Å². The number of nitrogens with two attached hydrogens (primary N) is 2. The number of amidine groups is 1. The van der Waals surface area contributed by atoms with Crippen LogP contribution in [0.4, 0.5) is 0 Å². The molecule has 0 spiro atoms. The molecule has 0 bridgehead atoms. The van der Waals surface area contributed by atoms with E-state index in [4.69, 9.17) is 34.8 Å². The van der Waals surface area contributed by atoms with Gasteiger partial charge in [-0.3, -0.25) is 0 Å². The fraction of sp³-hybridized carbons (Fsp3) is 0. The Hall–Kier alpha value is -0.450. The molecule has 0 saturated carbocycles. The maximum atomic E-state index is 5.74. The monoisotopic (exact) mass is 209 g/mol. The number of nitrogens with zero attached hydrogens (tertiary/aromatic N) is 1. The zero-order valence-electron chi connectivity index (χ0n) is 5.34. The lowest BCUT2D eigenvalue weighted by atomic mass is 10.3. The summed E-state index contributed by atoms with van der Waals surface area (Å²) in [6, 6.07) is 1.63. The Bertz CT molecular complexity index is 294. The van der Waals surface area contributed by atoms with Crippen LogP contribution >= 0.6 is 34.5 Å².